The lowest BCUT2D eigenvalue weighted by atomic mass is 10.2. The van der Waals surface area contributed by atoms with Crippen LogP contribution in [-0.4, -0.2) is 24.5 Å². The number of amides is 3. The monoisotopic (exact) mass is 293 g/mol. The van der Waals surface area contributed by atoms with Crippen LogP contribution in [0.3, 0.4) is 0 Å². The number of rotatable bonds is 5. The Labute approximate surface area is 122 Å². The summed E-state index contributed by atoms with van der Waals surface area (Å²) in [4.78, 5) is 23.5. The van der Waals surface area contributed by atoms with Gasteiger partial charge in [0.05, 0.1) is 10.6 Å². The lowest BCUT2D eigenvalue weighted by Crippen LogP contribution is -2.29. The second-order valence-electron chi connectivity index (χ2n) is 4.57. The maximum atomic E-state index is 12.0. The second kappa shape index (κ2) is 6.43. The smallest absolute Gasteiger partial charge is 0.319 e. The van der Waals surface area contributed by atoms with E-state index in [0.717, 1.165) is 12.8 Å². The van der Waals surface area contributed by atoms with Gasteiger partial charge in [-0.15, -0.1) is 6.58 Å². The van der Waals surface area contributed by atoms with Gasteiger partial charge >= 0.3 is 6.03 Å². The Kier molecular flexibility index (Phi) is 4.63. The van der Waals surface area contributed by atoms with Crippen LogP contribution in [0.1, 0.15) is 23.2 Å². The van der Waals surface area contributed by atoms with Gasteiger partial charge in [0, 0.05) is 18.3 Å². The zero-order valence-electron chi connectivity index (χ0n) is 10.9. The van der Waals surface area contributed by atoms with Crippen LogP contribution in [0.25, 0.3) is 0 Å². The molecule has 0 bridgehead atoms. The van der Waals surface area contributed by atoms with Crippen LogP contribution >= 0.6 is 11.6 Å². The molecule has 0 saturated heterocycles. The Balaban J connectivity index is 2.04. The number of carbonyl (C=O) groups is 2. The molecule has 20 heavy (non-hydrogen) atoms. The van der Waals surface area contributed by atoms with Crippen LogP contribution in [0.4, 0.5) is 10.5 Å². The third-order valence-electron chi connectivity index (χ3n) is 2.79. The van der Waals surface area contributed by atoms with Crippen molar-refractivity contribution in [1.29, 1.82) is 0 Å². The predicted octanol–water partition coefficient (Wildman–Crippen LogP) is 2.54. The van der Waals surface area contributed by atoms with Gasteiger partial charge in [0.25, 0.3) is 5.91 Å². The van der Waals surface area contributed by atoms with Crippen LogP contribution in [0, 0.1) is 0 Å². The summed E-state index contributed by atoms with van der Waals surface area (Å²) in [5, 5.41) is 8.44. The first kappa shape index (κ1) is 14.4. The highest BCUT2D eigenvalue weighted by atomic mass is 35.5. The number of nitrogens with one attached hydrogen (secondary N) is 3. The molecule has 1 aromatic carbocycles. The lowest BCUT2D eigenvalue weighted by molar-refractivity contribution is 0.0951. The molecule has 1 fully saturated rings. The molecule has 0 aromatic heterocycles. The highest BCUT2D eigenvalue weighted by Gasteiger charge is 2.24. The van der Waals surface area contributed by atoms with Crippen molar-refractivity contribution in [3.63, 3.8) is 0 Å². The van der Waals surface area contributed by atoms with Crippen molar-refractivity contribution in [1.82, 2.24) is 10.6 Å². The van der Waals surface area contributed by atoms with Crippen molar-refractivity contribution in [2.24, 2.45) is 0 Å². The topological polar surface area (TPSA) is 70.2 Å². The third kappa shape index (κ3) is 3.99. The minimum atomic E-state index is -0.360. The van der Waals surface area contributed by atoms with Gasteiger partial charge in [0.15, 0.2) is 0 Å². The van der Waals surface area contributed by atoms with E-state index in [0.29, 0.717) is 22.8 Å². The fraction of sp³-hybridized carbons (Fsp3) is 0.286. The van der Waals surface area contributed by atoms with Crippen molar-refractivity contribution in [2.75, 3.05) is 11.9 Å². The molecule has 5 nitrogen and oxygen atoms in total. The van der Waals surface area contributed by atoms with E-state index in [1.165, 1.54) is 0 Å². The Morgan fingerprint density at radius 2 is 2.15 bits per heavy atom. The summed E-state index contributed by atoms with van der Waals surface area (Å²) in [7, 11) is 0. The zero-order valence-corrected chi connectivity index (χ0v) is 11.7. The predicted molar refractivity (Wildman–Crippen MR) is 79.2 cm³/mol. The van der Waals surface area contributed by atoms with Crippen LogP contribution in [0.5, 0.6) is 0 Å². The normalized spacial score (nSPS) is 13.4. The van der Waals surface area contributed by atoms with E-state index in [9.17, 15) is 9.59 Å². The van der Waals surface area contributed by atoms with E-state index < -0.39 is 0 Å². The van der Waals surface area contributed by atoms with Crippen molar-refractivity contribution in [3.8, 4) is 0 Å². The molecular formula is C14H16ClN3O2. The SMILES string of the molecule is C=CCNC(=O)Nc1ccc(Cl)c(C(=O)NC2CC2)c1. The number of anilines is 1. The quantitative estimate of drug-likeness (QED) is 0.730. The van der Waals surface area contributed by atoms with E-state index >= 15 is 0 Å². The van der Waals surface area contributed by atoms with Crippen molar-refractivity contribution < 1.29 is 9.59 Å². The zero-order chi connectivity index (χ0) is 14.5. The summed E-state index contributed by atoms with van der Waals surface area (Å²) in [5.41, 5.74) is 0.872. The molecule has 0 aliphatic heterocycles. The lowest BCUT2D eigenvalue weighted by Gasteiger charge is -2.10. The second-order valence-corrected chi connectivity index (χ2v) is 4.97. The highest BCUT2D eigenvalue weighted by Crippen LogP contribution is 2.23. The molecule has 0 radical (unpaired) electrons. The number of hydrogen-bond donors (Lipinski definition) is 3. The van der Waals surface area contributed by atoms with Crippen molar-refractivity contribution in [2.45, 2.75) is 18.9 Å². The van der Waals surface area contributed by atoms with Gasteiger partial charge in [-0.25, -0.2) is 4.79 Å². The molecule has 0 unspecified atom stereocenters. The average molecular weight is 294 g/mol. The first-order chi connectivity index (χ1) is 9.60. The summed E-state index contributed by atoms with van der Waals surface area (Å²) in [6, 6.07) is 4.69. The van der Waals surface area contributed by atoms with Crippen LogP contribution in [0.15, 0.2) is 30.9 Å². The van der Waals surface area contributed by atoms with E-state index in [4.69, 9.17) is 11.6 Å². The van der Waals surface area contributed by atoms with E-state index in [1.807, 2.05) is 0 Å². The number of halogens is 1. The number of benzene rings is 1. The molecule has 2 rings (SSSR count). The Morgan fingerprint density at radius 3 is 2.80 bits per heavy atom. The van der Waals surface area contributed by atoms with Crippen molar-refractivity contribution >= 4 is 29.2 Å². The maximum absolute atomic E-state index is 12.0. The first-order valence-electron chi connectivity index (χ1n) is 6.36. The molecular weight excluding hydrogens is 278 g/mol. The van der Waals surface area contributed by atoms with Gasteiger partial charge in [-0.2, -0.15) is 0 Å². The summed E-state index contributed by atoms with van der Waals surface area (Å²) in [6.07, 6.45) is 3.59. The largest absolute Gasteiger partial charge is 0.349 e. The molecule has 0 atom stereocenters. The van der Waals surface area contributed by atoms with Gasteiger partial charge in [0.2, 0.25) is 0 Å². The number of hydrogen-bond acceptors (Lipinski definition) is 2. The first-order valence-corrected chi connectivity index (χ1v) is 6.74. The van der Waals surface area contributed by atoms with Gasteiger partial charge < -0.3 is 16.0 Å². The minimum absolute atomic E-state index is 0.215. The van der Waals surface area contributed by atoms with Crippen molar-refractivity contribution in [3.05, 3.63) is 41.4 Å². The summed E-state index contributed by atoms with van der Waals surface area (Å²) in [6.45, 7) is 3.88. The fourth-order valence-electron chi connectivity index (χ4n) is 1.61. The molecule has 1 aromatic rings. The molecule has 0 spiro atoms. The molecule has 1 aliphatic rings. The van der Waals surface area contributed by atoms with Gasteiger partial charge in [-0.05, 0) is 31.0 Å². The molecule has 3 amide bonds. The van der Waals surface area contributed by atoms with Crippen LogP contribution < -0.4 is 16.0 Å². The minimum Gasteiger partial charge on any atom is -0.349 e. The third-order valence-corrected chi connectivity index (χ3v) is 3.12. The molecule has 1 aliphatic carbocycles. The van der Waals surface area contributed by atoms with Gasteiger partial charge in [-0.3, -0.25) is 4.79 Å². The summed E-state index contributed by atoms with van der Waals surface area (Å²) < 4.78 is 0. The maximum Gasteiger partial charge on any atom is 0.319 e. The van der Waals surface area contributed by atoms with Gasteiger partial charge in [-0.1, -0.05) is 17.7 Å². The molecule has 3 N–H and O–H groups in total. The standard InChI is InChI=1S/C14H16ClN3O2/c1-2-7-16-14(20)18-10-5-6-12(15)11(8-10)13(19)17-9-3-4-9/h2,5-6,8-9H,1,3-4,7H2,(H,17,19)(H2,16,18,20). The molecule has 106 valence electrons. The fourth-order valence-corrected chi connectivity index (χ4v) is 1.81. The Bertz CT molecular complexity index is 541. The van der Waals surface area contributed by atoms with Crippen LogP contribution in [0.2, 0.25) is 5.02 Å². The number of urea groups is 1. The van der Waals surface area contributed by atoms with Gasteiger partial charge in [0.1, 0.15) is 0 Å². The summed E-state index contributed by atoms with van der Waals surface area (Å²) in [5.74, 6) is -0.215. The summed E-state index contributed by atoms with van der Waals surface area (Å²) >= 11 is 6.01. The highest BCUT2D eigenvalue weighted by molar-refractivity contribution is 6.34. The van der Waals surface area contributed by atoms with E-state index in [2.05, 4.69) is 22.5 Å². The molecule has 0 heterocycles. The Morgan fingerprint density at radius 1 is 1.40 bits per heavy atom. The number of carbonyl (C=O) groups excluding carboxylic acids is 2. The van der Waals surface area contributed by atoms with Crippen LogP contribution in [-0.2, 0) is 0 Å². The average Bonchev–Trinajstić information content (AvgIpc) is 3.22. The van der Waals surface area contributed by atoms with E-state index in [-0.39, 0.29) is 18.0 Å². The van der Waals surface area contributed by atoms with E-state index in [1.54, 1.807) is 24.3 Å². The molecule has 6 heteroatoms. The molecule has 1 saturated carbocycles. The Hall–Kier alpha value is -2.01.